The van der Waals surface area contributed by atoms with E-state index in [1.165, 1.54) is 12.1 Å². The molecule has 1 aliphatic rings. The number of hydrogen-bond acceptors (Lipinski definition) is 4. The van der Waals surface area contributed by atoms with Crippen LogP contribution in [0.3, 0.4) is 0 Å². The lowest BCUT2D eigenvalue weighted by molar-refractivity contribution is -0.384. The molecule has 0 radical (unpaired) electrons. The first kappa shape index (κ1) is 16.7. The second kappa shape index (κ2) is 6.84. The van der Waals surface area contributed by atoms with Gasteiger partial charge < -0.3 is 5.32 Å². The SMILES string of the molecule is O=C1Nc2ccccc2C1C(=Nc1ccc([N+](=O)[O-])cc1)c1ccccc1. The van der Waals surface area contributed by atoms with Gasteiger partial charge in [-0.3, -0.25) is 19.9 Å². The van der Waals surface area contributed by atoms with Crippen LogP contribution in [0.2, 0.25) is 0 Å². The second-order valence-corrected chi connectivity index (χ2v) is 6.15. The number of rotatable bonds is 4. The summed E-state index contributed by atoms with van der Waals surface area (Å²) in [6, 6.07) is 23.0. The van der Waals surface area contributed by atoms with E-state index in [0.717, 1.165) is 16.8 Å². The largest absolute Gasteiger partial charge is 0.325 e. The fourth-order valence-corrected chi connectivity index (χ4v) is 3.17. The van der Waals surface area contributed by atoms with Crippen molar-refractivity contribution < 1.29 is 9.72 Å². The minimum atomic E-state index is -0.543. The van der Waals surface area contributed by atoms with Crippen molar-refractivity contribution in [3.63, 3.8) is 0 Å². The van der Waals surface area contributed by atoms with Crippen molar-refractivity contribution in [3.05, 3.63) is 100 Å². The first-order chi connectivity index (χ1) is 13.1. The van der Waals surface area contributed by atoms with Crippen LogP contribution in [-0.4, -0.2) is 16.5 Å². The monoisotopic (exact) mass is 357 g/mol. The van der Waals surface area contributed by atoms with Gasteiger partial charge in [0.1, 0.15) is 5.92 Å². The summed E-state index contributed by atoms with van der Waals surface area (Å²) in [5, 5.41) is 13.8. The van der Waals surface area contributed by atoms with Gasteiger partial charge in [-0.15, -0.1) is 0 Å². The molecule has 0 spiro atoms. The van der Waals surface area contributed by atoms with Crippen molar-refractivity contribution in [2.24, 2.45) is 4.99 Å². The summed E-state index contributed by atoms with van der Waals surface area (Å²) in [6.07, 6.45) is 0. The number of hydrogen-bond donors (Lipinski definition) is 1. The number of nitro groups is 1. The third kappa shape index (κ3) is 3.20. The third-order valence-corrected chi connectivity index (χ3v) is 4.44. The van der Waals surface area contributed by atoms with Crippen LogP contribution in [0.25, 0.3) is 0 Å². The number of anilines is 1. The smallest absolute Gasteiger partial charge is 0.269 e. The van der Waals surface area contributed by atoms with E-state index in [1.807, 2.05) is 54.6 Å². The zero-order valence-electron chi connectivity index (χ0n) is 14.2. The number of fused-ring (bicyclic) bond motifs is 1. The van der Waals surface area contributed by atoms with Crippen molar-refractivity contribution >= 4 is 28.7 Å². The average molecular weight is 357 g/mol. The van der Waals surface area contributed by atoms with Crippen LogP contribution in [-0.2, 0) is 4.79 Å². The van der Waals surface area contributed by atoms with Crippen molar-refractivity contribution in [2.45, 2.75) is 5.92 Å². The van der Waals surface area contributed by atoms with Crippen LogP contribution >= 0.6 is 0 Å². The van der Waals surface area contributed by atoms with Crippen molar-refractivity contribution in [3.8, 4) is 0 Å². The van der Waals surface area contributed by atoms with E-state index in [0.29, 0.717) is 11.4 Å². The van der Waals surface area contributed by atoms with Gasteiger partial charge in [-0.1, -0.05) is 48.5 Å². The van der Waals surface area contributed by atoms with E-state index in [1.54, 1.807) is 12.1 Å². The van der Waals surface area contributed by atoms with Gasteiger partial charge >= 0.3 is 0 Å². The number of carbonyl (C=O) groups is 1. The molecule has 1 N–H and O–H groups in total. The first-order valence-corrected chi connectivity index (χ1v) is 8.42. The molecule has 4 rings (SSSR count). The highest BCUT2D eigenvalue weighted by Gasteiger charge is 2.35. The van der Waals surface area contributed by atoms with E-state index in [4.69, 9.17) is 4.99 Å². The maximum Gasteiger partial charge on any atom is 0.269 e. The summed E-state index contributed by atoms with van der Waals surface area (Å²) in [5.74, 6) is -0.681. The quantitative estimate of drug-likeness (QED) is 0.425. The molecule has 1 unspecified atom stereocenters. The Kier molecular flexibility index (Phi) is 4.22. The van der Waals surface area contributed by atoms with E-state index >= 15 is 0 Å². The average Bonchev–Trinajstić information content (AvgIpc) is 3.03. The predicted octanol–water partition coefficient (Wildman–Crippen LogP) is 4.45. The molecule has 0 saturated heterocycles. The minimum absolute atomic E-state index is 0.000772. The Balaban J connectivity index is 1.83. The van der Waals surface area contributed by atoms with Crippen LogP contribution < -0.4 is 5.32 Å². The lowest BCUT2D eigenvalue weighted by Crippen LogP contribution is -2.21. The fraction of sp³-hybridized carbons (Fsp3) is 0.0476. The van der Waals surface area contributed by atoms with Gasteiger partial charge in [0.2, 0.25) is 5.91 Å². The van der Waals surface area contributed by atoms with Crippen LogP contribution in [0.5, 0.6) is 0 Å². The summed E-state index contributed by atoms with van der Waals surface area (Å²) in [6.45, 7) is 0. The Labute approximate surface area is 155 Å². The number of benzene rings is 3. The summed E-state index contributed by atoms with van der Waals surface area (Å²) in [5.41, 5.74) is 3.63. The molecule has 3 aromatic rings. The van der Waals surface area contributed by atoms with Gasteiger partial charge in [0, 0.05) is 17.8 Å². The zero-order valence-corrected chi connectivity index (χ0v) is 14.2. The molecule has 132 valence electrons. The molecule has 1 atom stereocenters. The maximum absolute atomic E-state index is 12.7. The van der Waals surface area contributed by atoms with Crippen LogP contribution in [0.15, 0.2) is 83.9 Å². The number of non-ortho nitro benzene ring substituents is 1. The van der Waals surface area contributed by atoms with Crippen molar-refractivity contribution in [1.82, 2.24) is 0 Å². The van der Waals surface area contributed by atoms with E-state index in [2.05, 4.69) is 5.32 Å². The van der Waals surface area contributed by atoms with Gasteiger partial charge in [0.25, 0.3) is 5.69 Å². The van der Waals surface area contributed by atoms with E-state index in [-0.39, 0.29) is 11.6 Å². The Bertz CT molecular complexity index is 1040. The van der Waals surface area contributed by atoms with Gasteiger partial charge in [-0.25, -0.2) is 0 Å². The Hall–Kier alpha value is -3.80. The van der Waals surface area contributed by atoms with Gasteiger partial charge in [0.15, 0.2) is 0 Å². The second-order valence-electron chi connectivity index (χ2n) is 6.15. The molecule has 1 heterocycles. The Morgan fingerprint density at radius 1 is 0.926 bits per heavy atom. The van der Waals surface area contributed by atoms with Crippen molar-refractivity contribution in [1.29, 1.82) is 0 Å². The predicted molar refractivity (Wildman–Crippen MR) is 104 cm³/mol. The summed E-state index contributed by atoms with van der Waals surface area (Å²) in [4.78, 5) is 27.8. The standard InChI is InChI=1S/C21H15N3O3/c25-21-19(17-8-4-5-9-18(17)23-21)20(14-6-2-1-3-7-14)22-15-10-12-16(13-11-15)24(26)27/h1-13,19H,(H,23,25). The van der Waals surface area contributed by atoms with Crippen molar-refractivity contribution in [2.75, 3.05) is 5.32 Å². The number of amides is 1. The van der Waals surface area contributed by atoms with Crippen LogP contribution in [0.1, 0.15) is 17.0 Å². The number of nitro benzene ring substituents is 1. The Morgan fingerprint density at radius 2 is 1.59 bits per heavy atom. The molecule has 6 heteroatoms. The molecule has 0 fully saturated rings. The number of nitrogens with one attached hydrogen (secondary N) is 1. The molecule has 1 aliphatic heterocycles. The molecule has 0 saturated carbocycles. The maximum atomic E-state index is 12.7. The minimum Gasteiger partial charge on any atom is -0.325 e. The van der Waals surface area contributed by atoms with Gasteiger partial charge in [0.05, 0.1) is 16.3 Å². The number of para-hydroxylation sites is 1. The lowest BCUT2D eigenvalue weighted by Gasteiger charge is -2.13. The lowest BCUT2D eigenvalue weighted by atomic mass is 9.90. The highest BCUT2D eigenvalue weighted by Crippen LogP contribution is 2.36. The molecule has 0 aromatic heterocycles. The highest BCUT2D eigenvalue weighted by atomic mass is 16.6. The van der Waals surface area contributed by atoms with Crippen LogP contribution in [0.4, 0.5) is 17.1 Å². The number of carbonyl (C=O) groups excluding carboxylic acids is 1. The molecular weight excluding hydrogens is 342 g/mol. The summed E-state index contributed by atoms with van der Waals surface area (Å²) in [7, 11) is 0. The summed E-state index contributed by atoms with van der Waals surface area (Å²) < 4.78 is 0. The van der Waals surface area contributed by atoms with E-state index in [9.17, 15) is 14.9 Å². The van der Waals surface area contributed by atoms with Gasteiger partial charge in [-0.05, 0) is 29.3 Å². The normalized spacial score (nSPS) is 15.9. The molecule has 6 nitrogen and oxygen atoms in total. The third-order valence-electron chi connectivity index (χ3n) is 4.44. The topological polar surface area (TPSA) is 84.6 Å². The number of nitrogens with zero attached hydrogens (tertiary/aromatic N) is 2. The summed E-state index contributed by atoms with van der Waals surface area (Å²) >= 11 is 0. The number of aliphatic imine (C=N–C) groups is 1. The molecular formula is C21H15N3O3. The molecule has 0 aliphatic carbocycles. The van der Waals surface area contributed by atoms with Gasteiger partial charge in [-0.2, -0.15) is 0 Å². The molecule has 0 bridgehead atoms. The molecule has 3 aromatic carbocycles. The van der Waals surface area contributed by atoms with Crippen LogP contribution in [0, 0.1) is 10.1 Å². The fourth-order valence-electron chi connectivity index (χ4n) is 3.17. The molecule has 1 amide bonds. The first-order valence-electron chi connectivity index (χ1n) is 8.42. The van der Waals surface area contributed by atoms with E-state index < -0.39 is 10.8 Å². The zero-order chi connectivity index (χ0) is 18.8. The molecule has 27 heavy (non-hydrogen) atoms. The highest BCUT2D eigenvalue weighted by molar-refractivity contribution is 6.24. The Morgan fingerprint density at radius 3 is 2.30 bits per heavy atom.